The molecule has 2 nitrogen and oxygen atoms in total. The zero-order chi connectivity index (χ0) is 8.81. The lowest BCUT2D eigenvalue weighted by atomic mass is 9.67. The summed E-state index contributed by atoms with van der Waals surface area (Å²) in [5.41, 5.74) is 1.06. The number of amides is 1. The van der Waals surface area contributed by atoms with E-state index >= 15 is 0 Å². The summed E-state index contributed by atoms with van der Waals surface area (Å²) in [4.78, 5) is 11.1. The van der Waals surface area contributed by atoms with Gasteiger partial charge < -0.3 is 5.23 Å². The third-order valence-corrected chi connectivity index (χ3v) is 1.58. The Balaban J connectivity index is 2.47. The summed E-state index contributed by atoms with van der Waals surface area (Å²) in [5.74, 6) is 0.0868. The SMILES string of the molecule is BBNC(=O)Cc1ccccc1. The molecule has 0 saturated carbocycles. The van der Waals surface area contributed by atoms with Crippen molar-refractivity contribution in [2.24, 2.45) is 0 Å². The molecule has 12 heavy (non-hydrogen) atoms. The molecule has 0 aliphatic heterocycles. The highest BCUT2D eigenvalue weighted by molar-refractivity contribution is 6.89. The van der Waals surface area contributed by atoms with E-state index < -0.39 is 0 Å². The summed E-state index contributed by atoms with van der Waals surface area (Å²) in [7, 11) is 2.62. The second-order valence-electron chi connectivity index (χ2n) is 2.62. The third kappa shape index (κ3) is 2.82. The predicted molar refractivity (Wildman–Crippen MR) is 54.0 cm³/mol. The number of carbonyl (C=O) groups excluding carboxylic acids is 1. The van der Waals surface area contributed by atoms with Crippen molar-refractivity contribution in [3.8, 4) is 0 Å². The molecule has 0 heterocycles. The van der Waals surface area contributed by atoms with Gasteiger partial charge >= 0.3 is 0 Å². The highest BCUT2D eigenvalue weighted by atomic mass is 16.1. The largest absolute Gasteiger partial charge is 0.410 e. The van der Waals surface area contributed by atoms with E-state index in [1.807, 2.05) is 38.1 Å². The van der Waals surface area contributed by atoms with Crippen molar-refractivity contribution in [3.63, 3.8) is 0 Å². The molecule has 1 amide bonds. The Labute approximate surface area is 74.0 Å². The lowest BCUT2D eigenvalue weighted by Crippen LogP contribution is -2.28. The van der Waals surface area contributed by atoms with Crippen LogP contribution in [-0.2, 0) is 11.2 Å². The fraction of sp³-hybridized carbons (Fsp3) is 0.125. The van der Waals surface area contributed by atoms with Crippen LogP contribution in [0, 0.1) is 0 Å². The van der Waals surface area contributed by atoms with Crippen LogP contribution < -0.4 is 5.23 Å². The summed E-state index contributed by atoms with van der Waals surface area (Å²) >= 11 is 0. The second kappa shape index (κ2) is 4.65. The number of hydrogen-bond donors (Lipinski definition) is 1. The van der Waals surface area contributed by atoms with Crippen LogP contribution in [0.15, 0.2) is 30.3 Å². The van der Waals surface area contributed by atoms with E-state index in [0.717, 1.165) is 5.56 Å². The number of rotatable bonds is 3. The van der Waals surface area contributed by atoms with Crippen LogP contribution in [0.2, 0.25) is 0 Å². The van der Waals surface area contributed by atoms with E-state index in [1.54, 1.807) is 0 Å². The Morgan fingerprint density at radius 2 is 2.08 bits per heavy atom. The number of hydrogen-bond acceptors (Lipinski definition) is 1. The van der Waals surface area contributed by atoms with Crippen molar-refractivity contribution >= 4 is 20.9 Å². The molecular formula is C8H11B2NO. The van der Waals surface area contributed by atoms with E-state index in [0.29, 0.717) is 13.7 Å². The molecule has 0 saturated heterocycles. The monoisotopic (exact) mass is 159 g/mol. The normalized spacial score (nSPS) is 9.00. The van der Waals surface area contributed by atoms with Gasteiger partial charge in [-0.1, -0.05) is 30.3 Å². The minimum absolute atomic E-state index is 0.0868. The van der Waals surface area contributed by atoms with Crippen molar-refractivity contribution in [2.45, 2.75) is 6.42 Å². The molecule has 60 valence electrons. The third-order valence-electron chi connectivity index (χ3n) is 1.58. The Morgan fingerprint density at radius 1 is 1.42 bits per heavy atom. The van der Waals surface area contributed by atoms with Gasteiger partial charge in [-0.05, 0) is 5.56 Å². The Bertz CT molecular complexity index is 250. The standard InChI is InChI=1S/C8H11B2NO/c9-10-11-8(12)6-7-4-2-1-3-5-7/h1-5,10H,6,9H2,(H,11,12). The van der Waals surface area contributed by atoms with Crippen molar-refractivity contribution in [2.75, 3.05) is 0 Å². The fourth-order valence-electron chi connectivity index (χ4n) is 1.04. The van der Waals surface area contributed by atoms with E-state index in [9.17, 15) is 4.79 Å². The van der Waals surface area contributed by atoms with E-state index in [2.05, 4.69) is 5.23 Å². The minimum atomic E-state index is 0.0868. The highest BCUT2D eigenvalue weighted by Crippen LogP contribution is 1.98. The lowest BCUT2D eigenvalue weighted by Gasteiger charge is -2.00. The van der Waals surface area contributed by atoms with Crippen LogP contribution >= 0.6 is 0 Å². The highest BCUT2D eigenvalue weighted by Gasteiger charge is 1.99. The average molecular weight is 159 g/mol. The summed E-state index contributed by atoms with van der Waals surface area (Å²) in [5, 5.41) is 2.76. The van der Waals surface area contributed by atoms with Crippen LogP contribution in [-0.4, -0.2) is 20.9 Å². The van der Waals surface area contributed by atoms with Crippen LogP contribution in [0.3, 0.4) is 0 Å². The summed E-state index contributed by atoms with van der Waals surface area (Å²) in [6.45, 7) is 0. The Hall–Kier alpha value is -1.18. The van der Waals surface area contributed by atoms with E-state index in [4.69, 9.17) is 0 Å². The van der Waals surface area contributed by atoms with Crippen LogP contribution in [0.5, 0.6) is 0 Å². The first-order chi connectivity index (χ1) is 5.83. The molecule has 1 rings (SSSR count). The predicted octanol–water partition coefficient (Wildman–Crippen LogP) is -0.755. The molecular weight excluding hydrogens is 148 g/mol. The van der Waals surface area contributed by atoms with Gasteiger partial charge in [0.2, 0.25) is 5.91 Å². The summed E-state index contributed by atoms with van der Waals surface area (Å²) in [6.07, 6.45) is 0.481. The molecule has 0 aliphatic rings. The fourth-order valence-corrected chi connectivity index (χ4v) is 1.04. The van der Waals surface area contributed by atoms with Gasteiger partial charge in [-0.15, -0.1) is 0 Å². The molecule has 0 unspecified atom stereocenters. The van der Waals surface area contributed by atoms with E-state index in [1.165, 1.54) is 0 Å². The molecule has 4 heteroatoms. The maximum atomic E-state index is 11.1. The summed E-state index contributed by atoms with van der Waals surface area (Å²) < 4.78 is 0. The maximum Gasteiger partial charge on any atom is 0.211 e. The van der Waals surface area contributed by atoms with Gasteiger partial charge in [-0.2, -0.15) is 0 Å². The molecule has 0 aromatic heterocycles. The van der Waals surface area contributed by atoms with Crippen LogP contribution in [0.4, 0.5) is 0 Å². The van der Waals surface area contributed by atoms with Gasteiger partial charge in [0.25, 0.3) is 0 Å². The first kappa shape index (κ1) is 8.91. The van der Waals surface area contributed by atoms with Gasteiger partial charge in [0.1, 0.15) is 0 Å². The molecule has 1 aromatic carbocycles. The second-order valence-corrected chi connectivity index (χ2v) is 2.62. The zero-order valence-electron chi connectivity index (χ0n) is 7.21. The van der Waals surface area contributed by atoms with Crippen molar-refractivity contribution in [1.29, 1.82) is 0 Å². The van der Waals surface area contributed by atoms with Crippen LogP contribution in [0.1, 0.15) is 5.56 Å². The van der Waals surface area contributed by atoms with Gasteiger partial charge in [0, 0.05) is 0 Å². The lowest BCUT2D eigenvalue weighted by molar-refractivity contribution is -0.118. The number of carbonyl (C=O) groups is 1. The first-order valence-electron chi connectivity index (χ1n) is 4.13. The molecule has 0 atom stereocenters. The van der Waals surface area contributed by atoms with Crippen molar-refractivity contribution in [3.05, 3.63) is 35.9 Å². The van der Waals surface area contributed by atoms with Gasteiger partial charge in [0.15, 0.2) is 7.31 Å². The number of benzene rings is 1. The van der Waals surface area contributed by atoms with Crippen molar-refractivity contribution < 1.29 is 4.79 Å². The van der Waals surface area contributed by atoms with Crippen LogP contribution in [0.25, 0.3) is 0 Å². The smallest absolute Gasteiger partial charge is 0.211 e. The van der Waals surface area contributed by atoms with Gasteiger partial charge in [-0.3, -0.25) is 4.79 Å². The van der Waals surface area contributed by atoms with Gasteiger partial charge in [-0.25, -0.2) is 0 Å². The number of nitrogens with one attached hydrogen (secondary N) is 1. The molecule has 0 spiro atoms. The quantitative estimate of drug-likeness (QED) is 0.577. The van der Waals surface area contributed by atoms with Crippen molar-refractivity contribution in [1.82, 2.24) is 5.23 Å². The molecule has 1 aromatic rings. The summed E-state index contributed by atoms with van der Waals surface area (Å²) in [6, 6.07) is 9.73. The molecule has 0 fully saturated rings. The Kier molecular flexibility index (Phi) is 3.45. The zero-order valence-corrected chi connectivity index (χ0v) is 7.21. The van der Waals surface area contributed by atoms with E-state index in [-0.39, 0.29) is 5.91 Å². The topological polar surface area (TPSA) is 29.1 Å². The average Bonchev–Trinajstić information content (AvgIpc) is 2.06. The first-order valence-corrected chi connectivity index (χ1v) is 4.13. The Morgan fingerprint density at radius 3 is 2.67 bits per heavy atom. The molecule has 0 bridgehead atoms. The molecule has 0 radical (unpaired) electrons. The molecule has 0 aliphatic carbocycles. The minimum Gasteiger partial charge on any atom is -0.410 e. The van der Waals surface area contributed by atoms with Gasteiger partial charge in [0.05, 0.1) is 14.2 Å². The molecule has 1 N–H and O–H groups in total. The maximum absolute atomic E-state index is 11.1.